The molecule has 0 radical (unpaired) electrons. The molecule has 19 heavy (non-hydrogen) atoms. The molecule has 0 aliphatic heterocycles. The molecule has 0 spiro atoms. The summed E-state index contributed by atoms with van der Waals surface area (Å²) in [6, 6.07) is 5.27. The van der Waals surface area contributed by atoms with Crippen molar-refractivity contribution in [3.05, 3.63) is 51.5 Å². The summed E-state index contributed by atoms with van der Waals surface area (Å²) in [5.41, 5.74) is 3.93. The van der Waals surface area contributed by atoms with Crippen LogP contribution in [0.5, 0.6) is 0 Å². The van der Waals surface area contributed by atoms with E-state index in [4.69, 9.17) is 0 Å². The molecule has 4 heteroatoms. The van der Waals surface area contributed by atoms with Gasteiger partial charge in [0, 0.05) is 17.5 Å². The van der Waals surface area contributed by atoms with Crippen molar-refractivity contribution in [2.75, 3.05) is 0 Å². The zero-order chi connectivity index (χ0) is 13.6. The van der Waals surface area contributed by atoms with Crippen molar-refractivity contribution in [3.63, 3.8) is 0 Å². The van der Waals surface area contributed by atoms with Crippen molar-refractivity contribution in [3.8, 4) is 5.69 Å². The van der Waals surface area contributed by atoms with Crippen LogP contribution in [0, 0.1) is 12.7 Å². The first-order valence-corrected chi connectivity index (χ1v) is 7.21. The number of hydrogen-bond acceptors (Lipinski definition) is 1. The molecule has 100 valence electrons. The van der Waals surface area contributed by atoms with Crippen LogP contribution >= 0.6 is 15.9 Å². The van der Waals surface area contributed by atoms with Crippen LogP contribution in [-0.2, 0) is 6.42 Å². The Morgan fingerprint density at radius 3 is 3.00 bits per heavy atom. The number of aryl methyl sites for hydroxylation is 1. The van der Waals surface area contributed by atoms with Gasteiger partial charge in [0.1, 0.15) is 5.82 Å². The first kappa shape index (κ1) is 12.9. The summed E-state index contributed by atoms with van der Waals surface area (Å²) in [6.07, 6.45) is 4.25. The van der Waals surface area contributed by atoms with Crippen molar-refractivity contribution in [2.45, 2.75) is 32.3 Å². The van der Waals surface area contributed by atoms with Crippen LogP contribution in [0.3, 0.4) is 0 Å². The molecule has 0 saturated carbocycles. The van der Waals surface area contributed by atoms with E-state index in [0.29, 0.717) is 4.47 Å². The number of aromatic nitrogens is 1. The summed E-state index contributed by atoms with van der Waals surface area (Å²) < 4.78 is 16.2. The summed E-state index contributed by atoms with van der Waals surface area (Å²) in [5, 5.41) is 9.99. The number of rotatable bonds is 1. The fourth-order valence-electron chi connectivity index (χ4n) is 2.79. The third-order valence-electron chi connectivity index (χ3n) is 3.78. The van der Waals surface area contributed by atoms with Crippen LogP contribution in [0.25, 0.3) is 5.69 Å². The van der Waals surface area contributed by atoms with Crippen LogP contribution < -0.4 is 0 Å². The average Bonchev–Trinajstić information content (AvgIpc) is 2.79. The minimum absolute atomic E-state index is 0.264. The van der Waals surface area contributed by atoms with Gasteiger partial charge >= 0.3 is 0 Å². The Labute approximate surface area is 120 Å². The normalized spacial score (nSPS) is 18.4. The molecule has 1 heterocycles. The molecule has 1 aliphatic carbocycles. The lowest BCUT2D eigenvalue weighted by Crippen LogP contribution is -2.11. The molecule has 0 saturated heterocycles. The molecule has 1 aromatic carbocycles. The molecular weight excluding hydrogens is 309 g/mol. The van der Waals surface area contributed by atoms with Gasteiger partial charge in [0.25, 0.3) is 0 Å². The van der Waals surface area contributed by atoms with E-state index in [1.54, 1.807) is 12.1 Å². The van der Waals surface area contributed by atoms with E-state index >= 15 is 0 Å². The minimum Gasteiger partial charge on any atom is -0.388 e. The molecular formula is C15H15BrFNO. The molecule has 1 atom stereocenters. The highest BCUT2D eigenvalue weighted by atomic mass is 79.9. The Balaban J connectivity index is 2.16. The Morgan fingerprint density at radius 2 is 2.21 bits per heavy atom. The van der Waals surface area contributed by atoms with Crippen molar-refractivity contribution >= 4 is 15.9 Å². The van der Waals surface area contributed by atoms with Gasteiger partial charge in [0.05, 0.1) is 16.3 Å². The van der Waals surface area contributed by atoms with Gasteiger partial charge in [-0.25, -0.2) is 4.39 Å². The SMILES string of the molecule is Cc1cc(Br)c(F)cc1-n1ccc2c1CCCC2O. The monoisotopic (exact) mass is 323 g/mol. The van der Waals surface area contributed by atoms with Gasteiger partial charge in [-0.2, -0.15) is 0 Å². The van der Waals surface area contributed by atoms with Gasteiger partial charge in [-0.05, 0) is 65.9 Å². The highest BCUT2D eigenvalue weighted by molar-refractivity contribution is 9.10. The van der Waals surface area contributed by atoms with E-state index in [9.17, 15) is 9.50 Å². The van der Waals surface area contributed by atoms with E-state index in [2.05, 4.69) is 15.9 Å². The van der Waals surface area contributed by atoms with Crippen LogP contribution in [0.2, 0.25) is 0 Å². The second-order valence-electron chi connectivity index (χ2n) is 5.05. The second-order valence-corrected chi connectivity index (χ2v) is 5.90. The third-order valence-corrected chi connectivity index (χ3v) is 4.38. The molecule has 0 fully saturated rings. The molecule has 1 aliphatic rings. The summed E-state index contributed by atoms with van der Waals surface area (Å²) in [5.74, 6) is -0.264. The van der Waals surface area contributed by atoms with Gasteiger partial charge in [-0.3, -0.25) is 0 Å². The number of fused-ring (bicyclic) bond motifs is 1. The van der Waals surface area contributed by atoms with E-state index in [-0.39, 0.29) is 11.9 Å². The number of hydrogen-bond donors (Lipinski definition) is 1. The zero-order valence-corrected chi connectivity index (χ0v) is 12.2. The Bertz CT molecular complexity index is 635. The summed E-state index contributed by atoms with van der Waals surface area (Å²) in [4.78, 5) is 0. The fourth-order valence-corrected chi connectivity index (χ4v) is 3.25. The molecule has 2 nitrogen and oxygen atoms in total. The van der Waals surface area contributed by atoms with Crippen molar-refractivity contribution in [1.82, 2.24) is 4.57 Å². The lowest BCUT2D eigenvalue weighted by molar-refractivity contribution is 0.156. The van der Waals surface area contributed by atoms with Gasteiger partial charge in [-0.15, -0.1) is 0 Å². The standard InChI is InChI=1S/C15H15BrFNO/c1-9-7-11(16)12(17)8-14(9)18-6-5-10-13(18)3-2-4-15(10)19/h5-8,15,19H,2-4H2,1H3. The number of aliphatic hydroxyl groups excluding tert-OH is 1. The number of halogens is 2. The minimum atomic E-state index is -0.384. The van der Waals surface area contributed by atoms with Gasteiger partial charge in [0.2, 0.25) is 0 Å². The maximum atomic E-state index is 13.8. The van der Waals surface area contributed by atoms with E-state index in [0.717, 1.165) is 41.8 Å². The van der Waals surface area contributed by atoms with Crippen LogP contribution in [0.15, 0.2) is 28.9 Å². The quantitative estimate of drug-likeness (QED) is 0.841. The fraction of sp³-hybridized carbons (Fsp3) is 0.333. The van der Waals surface area contributed by atoms with E-state index in [1.807, 2.05) is 23.8 Å². The average molecular weight is 324 g/mol. The van der Waals surface area contributed by atoms with Crippen molar-refractivity contribution in [2.24, 2.45) is 0 Å². The largest absolute Gasteiger partial charge is 0.388 e. The zero-order valence-electron chi connectivity index (χ0n) is 10.7. The summed E-state index contributed by atoms with van der Waals surface area (Å²) in [7, 11) is 0. The first-order chi connectivity index (χ1) is 9.08. The van der Waals surface area contributed by atoms with Crippen LogP contribution in [-0.4, -0.2) is 9.67 Å². The van der Waals surface area contributed by atoms with Crippen molar-refractivity contribution < 1.29 is 9.50 Å². The van der Waals surface area contributed by atoms with Crippen molar-refractivity contribution in [1.29, 1.82) is 0 Å². The highest BCUT2D eigenvalue weighted by Gasteiger charge is 2.22. The smallest absolute Gasteiger partial charge is 0.139 e. The number of nitrogens with zero attached hydrogens (tertiary/aromatic N) is 1. The van der Waals surface area contributed by atoms with Gasteiger partial charge in [-0.1, -0.05) is 0 Å². The summed E-state index contributed by atoms with van der Waals surface area (Å²) in [6.45, 7) is 1.96. The predicted molar refractivity (Wildman–Crippen MR) is 76.1 cm³/mol. The van der Waals surface area contributed by atoms with Crippen LogP contribution in [0.1, 0.15) is 35.8 Å². The molecule has 1 unspecified atom stereocenters. The Kier molecular flexibility index (Phi) is 3.23. The molecule has 3 rings (SSSR count). The molecule has 1 aromatic heterocycles. The maximum Gasteiger partial charge on any atom is 0.139 e. The Morgan fingerprint density at radius 1 is 1.42 bits per heavy atom. The lowest BCUT2D eigenvalue weighted by atomic mass is 9.95. The summed E-state index contributed by atoms with van der Waals surface area (Å²) >= 11 is 3.20. The maximum absolute atomic E-state index is 13.8. The van der Waals surface area contributed by atoms with E-state index < -0.39 is 0 Å². The molecule has 1 N–H and O–H groups in total. The number of aliphatic hydroxyl groups is 1. The molecule has 2 aromatic rings. The third kappa shape index (κ3) is 2.13. The second kappa shape index (κ2) is 4.76. The number of benzene rings is 1. The highest BCUT2D eigenvalue weighted by Crippen LogP contribution is 2.33. The van der Waals surface area contributed by atoms with Gasteiger partial charge < -0.3 is 9.67 Å². The van der Waals surface area contributed by atoms with Crippen LogP contribution in [0.4, 0.5) is 4.39 Å². The topological polar surface area (TPSA) is 25.2 Å². The van der Waals surface area contributed by atoms with Gasteiger partial charge in [0.15, 0.2) is 0 Å². The predicted octanol–water partition coefficient (Wildman–Crippen LogP) is 4.06. The molecule has 0 amide bonds. The lowest BCUT2D eigenvalue weighted by Gasteiger charge is -2.21. The van der Waals surface area contributed by atoms with E-state index in [1.165, 1.54) is 0 Å². The molecule has 0 bridgehead atoms. The first-order valence-electron chi connectivity index (χ1n) is 6.42. The Hall–Kier alpha value is -1.13.